The Bertz CT molecular complexity index is 1690. The summed E-state index contributed by atoms with van der Waals surface area (Å²) in [5, 5.41) is 65.6. The van der Waals surface area contributed by atoms with Crippen LogP contribution in [0.3, 0.4) is 0 Å². The predicted molar refractivity (Wildman–Crippen MR) is 157 cm³/mol. The van der Waals surface area contributed by atoms with Gasteiger partial charge in [0.1, 0.15) is 41.5 Å². The Kier molecular flexibility index (Phi) is 8.89. The summed E-state index contributed by atoms with van der Waals surface area (Å²) in [6, 6.07) is 13.3. The Balaban J connectivity index is 1.32. The summed E-state index contributed by atoms with van der Waals surface area (Å²) in [5.74, 6) is -1.04. The van der Waals surface area contributed by atoms with E-state index in [9.17, 15) is 40.2 Å². The summed E-state index contributed by atoms with van der Waals surface area (Å²) in [7, 11) is 0. The molecule has 2 heterocycles. The van der Waals surface area contributed by atoms with E-state index in [0.717, 1.165) is 0 Å². The average molecular weight is 613 g/mol. The Morgan fingerprint density at radius 2 is 1.74 bits per heavy atom. The van der Waals surface area contributed by atoms with Crippen LogP contribution in [0.5, 0.6) is 5.75 Å². The number of hydrogen-bond donors (Lipinski definition) is 8. The van der Waals surface area contributed by atoms with E-state index in [4.69, 9.17) is 26.1 Å². The van der Waals surface area contributed by atoms with Gasteiger partial charge in [-0.3, -0.25) is 4.79 Å². The van der Waals surface area contributed by atoms with Crippen LogP contribution in [0.25, 0.3) is 33.4 Å². The predicted octanol–water partition coefficient (Wildman–Crippen LogP) is 1.07. The number of anilines is 1. The number of carboxylic acids is 1. The maximum absolute atomic E-state index is 12.4. The first-order valence-corrected chi connectivity index (χ1v) is 13.5. The molecule has 1 fully saturated rings. The monoisotopic (exact) mass is 612 g/mol. The molecule has 1 aliphatic carbocycles. The molecule has 43 heavy (non-hydrogen) atoms. The summed E-state index contributed by atoms with van der Waals surface area (Å²) >= 11 is 5.31. The van der Waals surface area contributed by atoms with Crippen LogP contribution in [0.15, 0.2) is 63.8 Å². The van der Waals surface area contributed by atoms with Crippen LogP contribution in [0.4, 0.5) is 5.69 Å². The third-order valence-electron chi connectivity index (χ3n) is 6.97. The Morgan fingerprint density at radius 1 is 0.977 bits per heavy atom. The minimum atomic E-state index is -1.56. The van der Waals surface area contributed by atoms with Crippen molar-refractivity contribution in [3.8, 4) is 28.2 Å². The molecule has 5 atom stereocenters. The zero-order valence-corrected chi connectivity index (χ0v) is 23.2. The second-order valence-electron chi connectivity index (χ2n) is 9.83. The normalized spacial score (nSPS) is 22.0. The molecule has 5 rings (SSSR count). The third kappa shape index (κ3) is 6.30. The van der Waals surface area contributed by atoms with Gasteiger partial charge in [-0.2, -0.15) is 0 Å². The molecule has 0 spiro atoms. The van der Waals surface area contributed by atoms with Crippen LogP contribution < -0.4 is 16.1 Å². The van der Waals surface area contributed by atoms with Crippen molar-refractivity contribution < 1.29 is 49.3 Å². The first-order chi connectivity index (χ1) is 20.6. The highest BCUT2D eigenvalue weighted by molar-refractivity contribution is 7.80. The number of nitrogens with one attached hydrogen (secondary N) is 2. The van der Waals surface area contributed by atoms with Crippen LogP contribution in [0.2, 0.25) is 0 Å². The fourth-order valence-corrected chi connectivity index (χ4v) is 5.11. The second-order valence-corrected chi connectivity index (χ2v) is 10.2. The van der Waals surface area contributed by atoms with E-state index in [2.05, 4.69) is 10.6 Å². The van der Waals surface area contributed by atoms with Crippen LogP contribution in [0, 0.1) is 0 Å². The van der Waals surface area contributed by atoms with Crippen molar-refractivity contribution in [1.82, 2.24) is 5.32 Å². The van der Waals surface area contributed by atoms with Crippen LogP contribution >= 0.6 is 12.2 Å². The van der Waals surface area contributed by atoms with Crippen LogP contribution in [0.1, 0.15) is 10.4 Å². The number of aromatic hydroxyl groups is 1. The molecule has 0 saturated carbocycles. The van der Waals surface area contributed by atoms with Gasteiger partial charge in [0.25, 0.3) is 0 Å². The quantitative estimate of drug-likeness (QED) is 0.0795. The molecule has 2 aromatic rings. The Labute approximate surface area is 248 Å². The van der Waals surface area contributed by atoms with Gasteiger partial charge in [-0.25, -0.2) is 4.79 Å². The molecule has 0 aromatic heterocycles. The van der Waals surface area contributed by atoms with Crippen molar-refractivity contribution in [1.29, 1.82) is 0 Å². The van der Waals surface area contributed by atoms with Crippen LogP contribution in [-0.2, 0) is 9.47 Å². The molecule has 1 saturated heterocycles. The average Bonchev–Trinajstić information content (AvgIpc) is 2.97. The van der Waals surface area contributed by atoms with E-state index in [1.54, 1.807) is 24.3 Å². The first kappa shape index (κ1) is 30.3. The van der Waals surface area contributed by atoms with E-state index in [1.807, 2.05) is 0 Å². The number of benzene rings is 3. The van der Waals surface area contributed by atoms with Crippen molar-refractivity contribution >= 4 is 40.0 Å². The SMILES string of the molecule is O=C(O)c1cc(NC(=S)NCCO[C@H]2O[C@H](CO)[C@H](O)[C@H](O)[C@H]2O)ccc1-c1c2ccc(=O)cc-2oc2cc(O)ccc12. The number of hydrogen-bond acceptors (Lipinski definition) is 11. The lowest BCUT2D eigenvalue weighted by Gasteiger charge is -2.39. The largest absolute Gasteiger partial charge is 0.508 e. The molecule has 2 aromatic carbocycles. The number of thiocarbonyl (C=S) groups is 1. The molecular formula is C29H28N2O11S. The van der Waals surface area contributed by atoms with E-state index in [-0.39, 0.29) is 46.3 Å². The molecule has 14 heteroatoms. The zero-order valence-electron chi connectivity index (χ0n) is 22.3. The van der Waals surface area contributed by atoms with Crippen molar-refractivity contribution in [2.75, 3.05) is 25.1 Å². The van der Waals surface area contributed by atoms with Gasteiger partial charge in [-0.15, -0.1) is 0 Å². The third-order valence-corrected chi connectivity index (χ3v) is 7.22. The van der Waals surface area contributed by atoms with Crippen molar-refractivity contribution in [2.45, 2.75) is 30.7 Å². The number of ether oxygens (including phenoxy) is 2. The van der Waals surface area contributed by atoms with Crippen molar-refractivity contribution in [2.24, 2.45) is 0 Å². The molecule has 226 valence electrons. The van der Waals surface area contributed by atoms with Gasteiger partial charge in [-0.05, 0) is 54.2 Å². The highest BCUT2D eigenvalue weighted by Crippen LogP contribution is 2.42. The van der Waals surface area contributed by atoms with E-state index >= 15 is 0 Å². The number of aromatic carboxylic acids is 1. The van der Waals surface area contributed by atoms with Crippen molar-refractivity contribution in [3.63, 3.8) is 0 Å². The number of aliphatic hydroxyl groups is 4. The number of phenolic OH excluding ortho intramolecular Hbond substituents is 1. The number of rotatable bonds is 8. The molecule has 0 amide bonds. The maximum atomic E-state index is 12.4. The number of fused-ring (bicyclic) bond motifs is 2. The summed E-state index contributed by atoms with van der Waals surface area (Å²) in [5.41, 5.74) is 1.64. The summed E-state index contributed by atoms with van der Waals surface area (Å²) in [6.07, 6.45) is -6.97. The topological polar surface area (TPSA) is 211 Å². The lowest BCUT2D eigenvalue weighted by Crippen LogP contribution is -2.59. The smallest absolute Gasteiger partial charge is 0.336 e. The number of carbonyl (C=O) groups is 1. The lowest BCUT2D eigenvalue weighted by atomic mass is 9.90. The lowest BCUT2D eigenvalue weighted by molar-refractivity contribution is -0.300. The van der Waals surface area contributed by atoms with E-state index in [1.165, 1.54) is 30.3 Å². The van der Waals surface area contributed by atoms with Gasteiger partial charge in [0.05, 0.1) is 18.8 Å². The second kappa shape index (κ2) is 12.6. The van der Waals surface area contributed by atoms with E-state index < -0.39 is 43.3 Å². The summed E-state index contributed by atoms with van der Waals surface area (Å²) in [6.45, 7) is -0.487. The minimum Gasteiger partial charge on any atom is -0.508 e. The molecule has 13 nitrogen and oxygen atoms in total. The maximum Gasteiger partial charge on any atom is 0.336 e. The van der Waals surface area contributed by atoms with Crippen molar-refractivity contribution in [3.05, 3.63) is 70.4 Å². The van der Waals surface area contributed by atoms with Crippen LogP contribution in [-0.4, -0.2) is 92.2 Å². The van der Waals surface area contributed by atoms with Gasteiger partial charge in [0.2, 0.25) is 0 Å². The number of phenols is 1. The molecule has 2 aliphatic heterocycles. The summed E-state index contributed by atoms with van der Waals surface area (Å²) < 4.78 is 16.6. The minimum absolute atomic E-state index is 0.0380. The fourth-order valence-electron chi connectivity index (χ4n) is 4.89. The standard InChI is InChI=1S/C29H28N2O11S/c32-12-22-24(35)25(36)26(37)28(42-22)40-8-7-30-29(43)31-13-1-4-16(19(9-13)27(38)39)23-17-5-2-14(33)10-20(17)41-21-11-15(34)3-6-18(21)23/h1-6,9-11,22,24-26,28,32-33,35-37H,7-8,12H2,(H,38,39)(H2,30,31,43)/t22-,24+,25+,26-,28+/m1/s1. The molecule has 8 N–H and O–H groups in total. The van der Waals surface area contributed by atoms with Gasteiger partial charge in [-0.1, -0.05) is 6.07 Å². The number of carboxylic acid groups (broad SMARTS) is 1. The van der Waals surface area contributed by atoms with Gasteiger partial charge >= 0.3 is 5.97 Å². The highest BCUT2D eigenvalue weighted by Gasteiger charge is 2.43. The first-order valence-electron chi connectivity index (χ1n) is 13.1. The van der Waals surface area contributed by atoms with E-state index in [0.29, 0.717) is 27.8 Å². The van der Waals surface area contributed by atoms with Gasteiger partial charge < -0.3 is 55.2 Å². The molecular weight excluding hydrogens is 584 g/mol. The molecule has 3 aliphatic rings. The van der Waals surface area contributed by atoms with Gasteiger partial charge in [0, 0.05) is 40.9 Å². The van der Waals surface area contributed by atoms with Gasteiger partial charge in [0.15, 0.2) is 16.8 Å². The zero-order chi connectivity index (χ0) is 30.8. The Morgan fingerprint density at radius 3 is 2.49 bits per heavy atom. The fraction of sp³-hybridized carbons (Fsp3) is 0.276. The highest BCUT2D eigenvalue weighted by atomic mass is 32.1. The molecule has 0 unspecified atom stereocenters. The molecule has 0 bridgehead atoms. The molecule has 0 radical (unpaired) electrons. The Hall–Kier alpha value is -4.15. The number of aliphatic hydroxyl groups excluding tert-OH is 4. The summed E-state index contributed by atoms with van der Waals surface area (Å²) in [4.78, 5) is 24.4.